The molecule has 0 bridgehead atoms. The van der Waals surface area contributed by atoms with Gasteiger partial charge in [0.25, 0.3) is 5.91 Å². The number of amides is 3. The van der Waals surface area contributed by atoms with Crippen molar-refractivity contribution in [3.8, 4) is 0 Å². The second-order valence-electron chi connectivity index (χ2n) is 5.92. The lowest BCUT2D eigenvalue weighted by Crippen LogP contribution is -2.51. The summed E-state index contributed by atoms with van der Waals surface area (Å²) in [4.78, 5) is 28.9. The van der Waals surface area contributed by atoms with Gasteiger partial charge in [0.2, 0.25) is 6.10 Å². The third kappa shape index (κ3) is 4.78. The van der Waals surface area contributed by atoms with Gasteiger partial charge >= 0.3 is 6.03 Å². The number of nitrogens with zero attached hydrogens (tertiary/aromatic N) is 1. The molecule has 2 aliphatic heterocycles. The molecule has 2 atom stereocenters. The van der Waals surface area contributed by atoms with E-state index < -0.39 is 18.0 Å². The molecule has 0 unspecified atom stereocenters. The molecule has 1 fully saturated rings. The highest BCUT2D eigenvalue weighted by molar-refractivity contribution is 6.37. The molecule has 1 aromatic carbocycles. The SMILES string of the molecule is O=C(NC[C@@H]1CCCO1)NNC(=O)[C@H]1CC(c2ccc(Cl)cc2Cl)=NO1. The van der Waals surface area contributed by atoms with E-state index >= 15 is 0 Å². The average molecular weight is 401 g/mol. The molecule has 0 aromatic heterocycles. The number of carbonyl (C=O) groups excluding carboxylic acids is 2. The summed E-state index contributed by atoms with van der Waals surface area (Å²) in [5.41, 5.74) is 5.76. The van der Waals surface area contributed by atoms with Crippen molar-refractivity contribution < 1.29 is 19.2 Å². The lowest BCUT2D eigenvalue weighted by atomic mass is 10.0. The summed E-state index contributed by atoms with van der Waals surface area (Å²) in [6.45, 7) is 1.10. The van der Waals surface area contributed by atoms with E-state index in [1.807, 2.05) is 0 Å². The van der Waals surface area contributed by atoms with Crippen molar-refractivity contribution in [2.24, 2.45) is 5.16 Å². The van der Waals surface area contributed by atoms with E-state index in [2.05, 4.69) is 21.3 Å². The van der Waals surface area contributed by atoms with Crippen LogP contribution in [0.1, 0.15) is 24.8 Å². The van der Waals surface area contributed by atoms with E-state index in [4.69, 9.17) is 32.8 Å². The first-order valence-electron chi connectivity index (χ1n) is 8.16. The second kappa shape index (κ2) is 8.57. The molecule has 10 heteroatoms. The van der Waals surface area contributed by atoms with Crippen LogP contribution >= 0.6 is 23.2 Å². The highest BCUT2D eigenvalue weighted by Crippen LogP contribution is 2.25. The number of halogens is 2. The van der Waals surface area contributed by atoms with Gasteiger partial charge in [-0.25, -0.2) is 10.2 Å². The van der Waals surface area contributed by atoms with Crippen LogP contribution in [0, 0.1) is 0 Å². The number of benzene rings is 1. The Balaban J connectivity index is 1.42. The third-order valence-corrected chi connectivity index (χ3v) is 4.56. The largest absolute Gasteiger partial charge is 0.382 e. The van der Waals surface area contributed by atoms with Crippen molar-refractivity contribution >= 4 is 40.9 Å². The van der Waals surface area contributed by atoms with E-state index in [0.29, 0.717) is 34.5 Å². The van der Waals surface area contributed by atoms with Crippen molar-refractivity contribution in [2.45, 2.75) is 31.5 Å². The van der Waals surface area contributed by atoms with Gasteiger partial charge in [-0.15, -0.1) is 0 Å². The number of hydrogen-bond donors (Lipinski definition) is 3. The number of rotatable bonds is 4. The van der Waals surface area contributed by atoms with Gasteiger partial charge in [0.05, 0.1) is 16.8 Å². The normalized spacial score (nSPS) is 21.7. The van der Waals surface area contributed by atoms with Gasteiger partial charge in [0.1, 0.15) is 0 Å². The highest BCUT2D eigenvalue weighted by Gasteiger charge is 2.30. The fourth-order valence-electron chi connectivity index (χ4n) is 2.66. The fraction of sp³-hybridized carbons (Fsp3) is 0.438. The van der Waals surface area contributed by atoms with Crippen molar-refractivity contribution in [2.75, 3.05) is 13.2 Å². The molecule has 1 aromatic rings. The van der Waals surface area contributed by atoms with Gasteiger partial charge in [-0.05, 0) is 25.0 Å². The minimum absolute atomic E-state index is 0.0229. The molecule has 2 heterocycles. The molecule has 0 radical (unpaired) electrons. The number of oxime groups is 1. The fourth-order valence-corrected chi connectivity index (χ4v) is 3.17. The van der Waals surface area contributed by atoms with Gasteiger partial charge in [-0.2, -0.15) is 0 Å². The van der Waals surface area contributed by atoms with Crippen molar-refractivity contribution in [1.82, 2.24) is 16.2 Å². The van der Waals surface area contributed by atoms with Crippen molar-refractivity contribution in [3.63, 3.8) is 0 Å². The summed E-state index contributed by atoms with van der Waals surface area (Å²) < 4.78 is 5.40. The number of urea groups is 1. The van der Waals surface area contributed by atoms with E-state index in [9.17, 15) is 9.59 Å². The summed E-state index contributed by atoms with van der Waals surface area (Å²) in [5.74, 6) is -0.513. The smallest absolute Gasteiger partial charge is 0.333 e. The summed E-state index contributed by atoms with van der Waals surface area (Å²) in [5, 5.41) is 7.46. The zero-order valence-electron chi connectivity index (χ0n) is 13.8. The van der Waals surface area contributed by atoms with E-state index in [1.165, 1.54) is 0 Å². The van der Waals surface area contributed by atoms with Gasteiger partial charge in [-0.1, -0.05) is 34.4 Å². The maximum atomic E-state index is 12.1. The Hall–Kier alpha value is -2.03. The monoisotopic (exact) mass is 400 g/mol. The Morgan fingerprint density at radius 2 is 2.12 bits per heavy atom. The highest BCUT2D eigenvalue weighted by atomic mass is 35.5. The van der Waals surface area contributed by atoms with Crippen LogP contribution in [-0.2, 0) is 14.4 Å². The van der Waals surface area contributed by atoms with Crippen molar-refractivity contribution in [1.29, 1.82) is 0 Å². The second-order valence-corrected chi connectivity index (χ2v) is 6.76. The van der Waals surface area contributed by atoms with Gasteiger partial charge < -0.3 is 14.9 Å². The average Bonchev–Trinajstić information content (AvgIpc) is 3.29. The molecule has 0 spiro atoms. The van der Waals surface area contributed by atoms with E-state index in [1.54, 1.807) is 18.2 Å². The maximum absolute atomic E-state index is 12.1. The van der Waals surface area contributed by atoms with Gasteiger partial charge in [0.15, 0.2) is 0 Å². The Bertz CT molecular complexity index is 722. The zero-order valence-corrected chi connectivity index (χ0v) is 15.3. The molecule has 1 saturated heterocycles. The van der Waals surface area contributed by atoms with Gasteiger partial charge in [0, 0.05) is 30.2 Å². The standard InChI is InChI=1S/C16H18Cl2N4O4/c17-9-3-4-11(12(18)6-9)13-7-14(26-22-13)15(23)20-21-16(24)19-8-10-2-1-5-25-10/h3-4,6,10,14H,1-2,5,7-8H2,(H,20,23)(H2,19,21,24)/t10-,14+/m0/s1. The molecular weight excluding hydrogens is 383 g/mol. The molecular formula is C16H18Cl2N4O4. The molecule has 0 saturated carbocycles. The minimum Gasteiger partial charge on any atom is -0.382 e. The molecule has 2 aliphatic rings. The Labute approximate surface area is 160 Å². The number of nitrogens with one attached hydrogen (secondary N) is 3. The summed E-state index contributed by atoms with van der Waals surface area (Å²) in [6, 6.07) is 4.46. The number of hydrogen-bond acceptors (Lipinski definition) is 5. The predicted molar refractivity (Wildman–Crippen MR) is 96.1 cm³/mol. The molecule has 8 nitrogen and oxygen atoms in total. The van der Waals surface area contributed by atoms with E-state index in [-0.39, 0.29) is 12.5 Å². The number of ether oxygens (including phenoxy) is 1. The van der Waals surface area contributed by atoms with Crippen LogP contribution in [0.3, 0.4) is 0 Å². The molecule has 0 aliphatic carbocycles. The zero-order chi connectivity index (χ0) is 18.5. The van der Waals surface area contributed by atoms with Crippen LogP contribution in [0.5, 0.6) is 0 Å². The Kier molecular flexibility index (Phi) is 6.18. The minimum atomic E-state index is -0.852. The predicted octanol–water partition coefficient (Wildman–Crippen LogP) is 2.00. The van der Waals surface area contributed by atoms with Crippen LogP contribution in [0.25, 0.3) is 0 Å². The first-order valence-corrected chi connectivity index (χ1v) is 8.92. The van der Waals surface area contributed by atoms with Crippen LogP contribution in [0.15, 0.2) is 23.4 Å². The Morgan fingerprint density at radius 3 is 2.85 bits per heavy atom. The molecule has 140 valence electrons. The molecule has 3 amide bonds. The topological polar surface area (TPSA) is 101 Å². The van der Waals surface area contributed by atoms with Crippen LogP contribution in [0.4, 0.5) is 4.79 Å². The first kappa shape index (κ1) is 18.8. The molecule has 3 rings (SSSR count). The summed E-state index contributed by atoms with van der Waals surface area (Å²) >= 11 is 12.0. The first-order chi connectivity index (χ1) is 12.5. The van der Waals surface area contributed by atoms with Crippen LogP contribution < -0.4 is 16.2 Å². The number of hydrazine groups is 1. The van der Waals surface area contributed by atoms with E-state index in [0.717, 1.165) is 12.8 Å². The third-order valence-electron chi connectivity index (χ3n) is 4.02. The molecule has 26 heavy (non-hydrogen) atoms. The summed E-state index contributed by atoms with van der Waals surface area (Å²) in [6.07, 6.45) is 1.30. The number of carbonyl (C=O) groups is 2. The lowest BCUT2D eigenvalue weighted by molar-refractivity contribution is -0.131. The Morgan fingerprint density at radius 1 is 1.27 bits per heavy atom. The lowest BCUT2D eigenvalue weighted by Gasteiger charge is -2.13. The molecule has 3 N–H and O–H groups in total. The quantitative estimate of drug-likeness (QED) is 0.672. The van der Waals surface area contributed by atoms with Crippen molar-refractivity contribution in [3.05, 3.63) is 33.8 Å². The van der Waals surface area contributed by atoms with Gasteiger partial charge in [-0.3, -0.25) is 10.2 Å². The summed E-state index contributed by atoms with van der Waals surface area (Å²) in [7, 11) is 0. The van der Waals surface area contributed by atoms with Crippen LogP contribution in [-0.4, -0.2) is 43.0 Å². The maximum Gasteiger partial charge on any atom is 0.333 e. The van der Waals surface area contributed by atoms with Crippen LogP contribution in [0.2, 0.25) is 10.0 Å².